The van der Waals surface area contributed by atoms with Crippen LogP contribution in [-0.4, -0.2) is 22.0 Å². The Kier molecular flexibility index (Phi) is 3.07. The molecule has 120 valence electrons. The second-order valence-corrected chi connectivity index (χ2v) is 7.25. The lowest BCUT2D eigenvalue weighted by molar-refractivity contribution is 0.589. The summed E-state index contributed by atoms with van der Waals surface area (Å²) in [7, 11) is -3.88. The van der Waals surface area contributed by atoms with E-state index in [1.807, 2.05) is 0 Å². The molecule has 0 fully saturated rings. The van der Waals surface area contributed by atoms with Gasteiger partial charge in [0.25, 0.3) is 15.6 Å². The summed E-state index contributed by atoms with van der Waals surface area (Å²) >= 11 is 0. The molecule has 0 radical (unpaired) electrons. The lowest BCUT2D eigenvalue weighted by Gasteiger charge is -2.13. The highest BCUT2D eigenvalue weighted by atomic mass is 32.2. The van der Waals surface area contributed by atoms with Crippen molar-refractivity contribution in [3.8, 4) is 0 Å². The quantitative estimate of drug-likeness (QED) is 0.561. The van der Waals surface area contributed by atoms with Crippen molar-refractivity contribution in [2.24, 2.45) is 0 Å². The zero-order valence-corrected chi connectivity index (χ0v) is 13.6. The van der Waals surface area contributed by atoms with E-state index in [1.54, 1.807) is 55.5 Å². The molecule has 6 nitrogen and oxygen atoms in total. The van der Waals surface area contributed by atoms with Crippen LogP contribution in [0.1, 0.15) is 5.69 Å². The van der Waals surface area contributed by atoms with Crippen LogP contribution >= 0.6 is 0 Å². The Morgan fingerprint density at radius 3 is 2.38 bits per heavy atom. The Balaban J connectivity index is 2.26. The van der Waals surface area contributed by atoms with Gasteiger partial charge in [0, 0.05) is 6.07 Å². The van der Waals surface area contributed by atoms with Gasteiger partial charge in [-0.25, -0.2) is 12.4 Å². The van der Waals surface area contributed by atoms with Crippen molar-refractivity contribution in [1.82, 2.24) is 13.6 Å². The van der Waals surface area contributed by atoms with Crippen LogP contribution < -0.4 is 5.56 Å². The van der Waals surface area contributed by atoms with Gasteiger partial charge in [-0.1, -0.05) is 30.3 Å². The number of hydrogen-bond acceptors (Lipinski definition) is 4. The van der Waals surface area contributed by atoms with E-state index in [-0.39, 0.29) is 16.1 Å². The van der Waals surface area contributed by atoms with Crippen LogP contribution in [0.3, 0.4) is 0 Å². The van der Waals surface area contributed by atoms with Crippen molar-refractivity contribution in [2.75, 3.05) is 0 Å². The summed E-state index contributed by atoms with van der Waals surface area (Å²) in [5.74, 6) is 0. The summed E-state index contributed by atoms with van der Waals surface area (Å²) < 4.78 is 28.7. The fraction of sp³-hybridized carbons (Fsp3) is 0.0588. The molecule has 24 heavy (non-hydrogen) atoms. The molecule has 0 amide bonds. The fourth-order valence-corrected chi connectivity index (χ4v) is 4.31. The minimum Gasteiger partial charge on any atom is -0.267 e. The van der Waals surface area contributed by atoms with Crippen LogP contribution in [0.5, 0.6) is 0 Å². The second-order valence-electron chi connectivity index (χ2n) is 5.46. The lowest BCUT2D eigenvalue weighted by atomic mass is 10.2. The van der Waals surface area contributed by atoms with Crippen molar-refractivity contribution < 1.29 is 8.42 Å². The molecule has 0 aliphatic rings. The van der Waals surface area contributed by atoms with E-state index in [2.05, 4.69) is 5.10 Å². The Bertz CT molecular complexity index is 1240. The molecule has 0 N–H and O–H groups in total. The molecule has 0 atom stereocenters. The van der Waals surface area contributed by atoms with Crippen LogP contribution in [0.4, 0.5) is 0 Å². The molecule has 0 aliphatic carbocycles. The van der Waals surface area contributed by atoms with Gasteiger partial charge < -0.3 is 0 Å². The summed E-state index contributed by atoms with van der Waals surface area (Å²) in [5.41, 5.74) is 0.784. The first-order valence-corrected chi connectivity index (χ1v) is 8.75. The summed E-state index contributed by atoms with van der Waals surface area (Å²) in [5, 5.41) is 4.45. The van der Waals surface area contributed by atoms with Crippen molar-refractivity contribution in [1.29, 1.82) is 0 Å². The average molecular weight is 339 g/mol. The third kappa shape index (κ3) is 1.98. The average Bonchev–Trinajstić information content (AvgIpc) is 2.97. The number of nitrogens with zero attached hydrogens (tertiary/aromatic N) is 3. The largest absolute Gasteiger partial charge is 0.282 e. The number of aryl methyl sites for hydroxylation is 1. The van der Waals surface area contributed by atoms with E-state index in [9.17, 15) is 13.2 Å². The highest BCUT2D eigenvalue weighted by Crippen LogP contribution is 2.22. The van der Waals surface area contributed by atoms with E-state index in [4.69, 9.17) is 0 Å². The van der Waals surface area contributed by atoms with Gasteiger partial charge in [0.2, 0.25) is 0 Å². The molecule has 0 spiro atoms. The maximum atomic E-state index is 13.2. The van der Waals surface area contributed by atoms with Crippen molar-refractivity contribution in [3.63, 3.8) is 0 Å². The predicted octanol–water partition coefficient (Wildman–Crippen LogP) is 2.19. The van der Waals surface area contributed by atoms with Gasteiger partial charge in [0.05, 0.1) is 21.5 Å². The molecule has 2 aromatic carbocycles. The summed E-state index contributed by atoms with van der Waals surface area (Å²) in [4.78, 5) is 12.8. The van der Waals surface area contributed by atoms with E-state index in [0.29, 0.717) is 16.6 Å². The topological polar surface area (TPSA) is 73.4 Å². The van der Waals surface area contributed by atoms with Crippen LogP contribution in [0.25, 0.3) is 16.6 Å². The molecule has 4 aromatic rings. The molecule has 0 saturated carbocycles. The van der Waals surface area contributed by atoms with Gasteiger partial charge in [0.15, 0.2) is 5.65 Å². The molecular formula is C17H13N3O3S. The molecular weight excluding hydrogens is 326 g/mol. The first-order chi connectivity index (χ1) is 11.5. The summed E-state index contributed by atoms with van der Waals surface area (Å²) in [6, 6.07) is 16.4. The van der Waals surface area contributed by atoms with Gasteiger partial charge in [-0.15, -0.1) is 0 Å². The molecule has 0 bridgehead atoms. The zero-order valence-electron chi connectivity index (χ0n) is 12.7. The number of rotatable bonds is 2. The van der Waals surface area contributed by atoms with E-state index in [1.165, 1.54) is 16.1 Å². The minimum absolute atomic E-state index is 0.152. The van der Waals surface area contributed by atoms with Gasteiger partial charge in [-0.3, -0.25) is 4.79 Å². The Morgan fingerprint density at radius 1 is 0.958 bits per heavy atom. The number of para-hydroxylation sites is 1. The highest BCUT2D eigenvalue weighted by molar-refractivity contribution is 7.90. The normalized spacial score (nSPS) is 12.0. The van der Waals surface area contributed by atoms with Crippen molar-refractivity contribution in [2.45, 2.75) is 11.8 Å². The molecule has 2 heterocycles. The molecule has 0 unspecified atom stereocenters. The highest BCUT2D eigenvalue weighted by Gasteiger charge is 2.23. The van der Waals surface area contributed by atoms with Gasteiger partial charge in [-0.2, -0.15) is 9.61 Å². The maximum Gasteiger partial charge on any atom is 0.282 e. The lowest BCUT2D eigenvalue weighted by Crippen LogP contribution is -2.24. The zero-order chi connectivity index (χ0) is 16.9. The number of benzene rings is 2. The molecule has 4 rings (SSSR count). The summed E-state index contributed by atoms with van der Waals surface area (Å²) in [6.45, 7) is 1.72. The van der Waals surface area contributed by atoms with Gasteiger partial charge in [0.1, 0.15) is 0 Å². The number of aromatic nitrogens is 3. The van der Waals surface area contributed by atoms with Crippen LogP contribution in [-0.2, 0) is 10.0 Å². The predicted molar refractivity (Wildman–Crippen MR) is 90.7 cm³/mol. The Morgan fingerprint density at radius 2 is 1.62 bits per heavy atom. The van der Waals surface area contributed by atoms with E-state index in [0.717, 1.165) is 4.52 Å². The fourth-order valence-electron chi connectivity index (χ4n) is 2.80. The van der Waals surface area contributed by atoms with Crippen molar-refractivity contribution >= 4 is 26.6 Å². The molecule has 7 heteroatoms. The number of fused-ring (bicyclic) bond motifs is 2. The Hall–Kier alpha value is -2.93. The van der Waals surface area contributed by atoms with Crippen molar-refractivity contribution in [3.05, 3.63) is 76.7 Å². The molecule has 2 aromatic heterocycles. The first-order valence-electron chi connectivity index (χ1n) is 7.31. The van der Waals surface area contributed by atoms with E-state index >= 15 is 0 Å². The smallest absolute Gasteiger partial charge is 0.267 e. The van der Waals surface area contributed by atoms with Crippen LogP contribution in [0.2, 0.25) is 0 Å². The molecule has 0 aliphatic heterocycles. The Labute approximate surface area is 137 Å². The third-order valence-electron chi connectivity index (χ3n) is 3.85. The van der Waals surface area contributed by atoms with E-state index < -0.39 is 10.0 Å². The monoisotopic (exact) mass is 339 g/mol. The summed E-state index contributed by atoms with van der Waals surface area (Å²) in [6.07, 6.45) is 0. The minimum atomic E-state index is -3.88. The molecule has 0 saturated heterocycles. The standard InChI is InChI=1S/C17H13N3O3S/c1-12-11-16-19(18-12)17(21)14-9-5-6-10-15(14)20(16)24(22,23)13-7-3-2-4-8-13/h2-11H,1H3. The van der Waals surface area contributed by atoms with Gasteiger partial charge >= 0.3 is 0 Å². The van der Waals surface area contributed by atoms with Crippen LogP contribution in [0, 0.1) is 6.92 Å². The second kappa shape index (κ2) is 5.04. The SMILES string of the molecule is Cc1cc2n(S(=O)(=O)c3ccccc3)c3ccccc3c(=O)n2n1. The maximum absolute atomic E-state index is 13.2. The number of hydrogen-bond donors (Lipinski definition) is 0. The van der Waals surface area contributed by atoms with Gasteiger partial charge in [-0.05, 0) is 31.2 Å². The van der Waals surface area contributed by atoms with Crippen LogP contribution in [0.15, 0.2) is 70.4 Å². The third-order valence-corrected chi connectivity index (χ3v) is 5.58. The first kappa shape index (κ1) is 14.6.